The molecular weight excluding hydrogens is 1760 g/mol. The number of aromatic nitrogens is 3. The van der Waals surface area contributed by atoms with Gasteiger partial charge in [-0.05, 0) is 202 Å². The zero-order valence-corrected chi connectivity index (χ0v) is 80.6. The first-order chi connectivity index (χ1) is 59.9. The Morgan fingerprint density at radius 2 is 0.892 bits per heavy atom. The molecule has 6 aromatic rings. The first-order valence-electron chi connectivity index (χ1n) is 41.9. The number of carboxylic acid groups (broad SMARTS) is 1. The van der Waals surface area contributed by atoms with Crippen LogP contribution in [0.2, 0.25) is 51.4 Å². The fourth-order valence-electron chi connectivity index (χ4n) is 14.7. The molecule has 0 unspecified atom stereocenters. The molecule has 0 bridgehead atoms. The Morgan fingerprint density at radius 1 is 0.554 bits per heavy atom. The number of fused-ring (bicyclic) bond motifs is 3. The number of ether oxygens (including phenoxy) is 5. The molecule has 5 fully saturated rings. The number of nitrogens with one attached hydrogen (secondary N) is 1. The fourth-order valence-corrected chi connectivity index (χ4v) is 20.7. The Kier molecular flexibility index (Phi) is 32.8. The molecule has 9 atom stereocenters. The van der Waals surface area contributed by atoms with Crippen molar-refractivity contribution in [2.45, 2.75) is 214 Å². The van der Waals surface area contributed by atoms with E-state index in [1.54, 1.807) is 68.4 Å². The number of amidine groups is 3. The summed E-state index contributed by atoms with van der Waals surface area (Å²) in [5.41, 5.74) is 3.11. The predicted molar refractivity (Wildman–Crippen MR) is 497 cm³/mol. The van der Waals surface area contributed by atoms with Crippen LogP contribution < -0.4 is 29.9 Å². The number of amides is 3. The molecule has 8 aliphatic rings. The van der Waals surface area contributed by atoms with E-state index in [1.165, 1.54) is 163 Å². The van der Waals surface area contributed by atoms with Crippen molar-refractivity contribution < 1.29 is 103 Å². The van der Waals surface area contributed by atoms with Crippen molar-refractivity contribution in [3.63, 3.8) is 0 Å². The number of hydrogen-bond donors (Lipinski definition) is 3. The second kappa shape index (κ2) is 41.1. The molecule has 0 spiro atoms. The smallest absolute Gasteiger partial charge is 0.870 e. The number of rotatable bonds is 23. The first-order valence-corrected chi connectivity index (χ1v) is 51.8. The van der Waals surface area contributed by atoms with E-state index in [4.69, 9.17) is 59.1 Å². The number of halogens is 6. The first kappa shape index (κ1) is 104. The van der Waals surface area contributed by atoms with E-state index in [2.05, 4.69) is 86.0 Å². The largest absolute Gasteiger partial charge is 1.00 e. The summed E-state index contributed by atoms with van der Waals surface area (Å²) in [7, 11) is -1.59. The number of nitrogens with zero attached hydrogens (tertiary/aromatic N) is 11. The third kappa shape index (κ3) is 25.1. The number of benzene rings is 3. The molecule has 25 nitrogen and oxygen atoms in total. The summed E-state index contributed by atoms with van der Waals surface area (Å²) in [6.45, 7) is 52.5. The molecule has 130 heavy (non-hydrogen) atoms. The number of thioether (sulfide) groups is 3. The summed E-state index contributed by atoms with van der Waals surface area (Å²) in [5.74, 6) is -5.62. The Morgan fingerprint density at radius 3 is 1.21 bits per heavy atom. The van der Waals surface area contributed by atoms with Crippen LogP contribution in [0.4, 0.5) is 53.0 Å². The molecule has 5 aliphatic carbocycles. The van der Waals surface area contributed by atoms with Gasteiger partial charge in [-0.25, -0.2) is 60.3 Å². The topological polar surface area (TPSA) is 315 Å². The van der Waals surface area contributed by atoms with Crippen molar-refractivity contribution in [3.8, 4) is 0 Å². The van der Waals surface area contributed by atoms with Gasteiger partial charge in [0, 0.05) is 88.4 Å². The second-order valence-corrected chi connectivity index (χ2v) is 53.1. The van der Waals surface area contributed by atoms with Crippen LogP contribution >= 0.6 is 35.3 Å². The summed E-state index contributed by atoms with van der Waals surface area (Å²) >= 11 is 3.28. The SMILES string of the molecule is CC1CC1.[C-]#[N+]c1ccc(/C(F)=C/c2ccc(F)c([C@@]3(C)N=C(N(COCC[Si](C)(C)C)C(=O)OC(C)(C)C)S[C@@]4(C(=O)O)C[C@H]43)c2)nc1.[C-]#[N+]c1ccc(/C(F)=C/c2ccc(F)c([C@@]3(C)N=C(N(COCC[Si](C)(C)C)C(=O)OC(C)(C)C)S[C@@]4(C(=O)OC)C[C@H]43)c2)nc1.[C-]#[N+]c1ccc(/C(F)=C/c2ccc(F)c([C@@]3(C)N=C(N)S[C@@]4(C(=O)NC5CC5)C[C@H]43)c2)nc1.[Li+].[OH-]. The fraction of sp³-hybridized carbons (Fsp3) is 0.462. The van der Waals surface area contributed by atoms with Gasteiger partial charge in [-0.15, -0.1) is 0 Å². The maximum Gasteiger partial charge on any atom is 1.00 e. The van der Waals surface area contributed by atoms with E-state index < -0.39 is 129 Å². The maximum absolute atomic E-state index is 15.7. The van der Waals surface area contributed by atoms with Gasteiger partial charge in [-0.1, -0.05) is 131 Å². The summed E-state index contributed by atoms with van der Waals surface area (Å²) < 4.78 is 117. The van der Waals surface area contributed by atoms with Crippen LogP contribution in [0.5, 0.6) is 0 Å². The average Bonchev–Trinajstić information content (AvgIpc) is 1.52. The van der Waals surface area contributed by atoms with Gasteiger partial charge in [0.1, 0.15) is 73.8 Å². The van der Waals surface area contributed by atoms with Gasteiger partial charge in [0.25, 0.3) is 0 Å². The number of carbonyl (C=O) groups is 5. The molecular formula is C93H108F6LiN13O12S3Si2. The predicted octanol–water partition coefficient (Wildman–Crippen LogP) is 18.8. The molecule has 0 saturated heterocycles. The minimum absolute atomic E-state index is 0. The van der Waals surface area contributed by atoms with Crippen molar-refractivity contribution in [2.24, 2.45) is 44.4 Å². The molecule has 37 heteroatoms. The molecule has 3 aromatic carbocycles. The average molecular weight is 1870 g/mol. The minimum atomic E-state index is -1.44. The Bertz CT molecular complexity index is 5600. The van der Waals surface area contributed by atoms with Crippen LogP contribution in [0.1, 0.15) is 165 Å². The number of pyridine rings is 3. The molecule has 5 N–H and O–H groups in total. The van der Waals surface area contributed by atoms with Gasteiger partial charge in [-0.3, -0.25) is 44.3 Å². The van der Waals surface area contributed by atoms with E-state index in [0.29, 0.717) is 48.4 Å². The van der Waals surface area contributed by atoms with Crippen molar-refractivity contribution in [1.82, 2.24) is 30.1 Å². The van der Waals surface area contributed by atoms with Crippen molar-refractivity contribution in [3.05, 3.63) is 212 Å². The van der Waals surface area contributed by atoms with Crippen LogP contribution in [-0.4, -0.2) is 162 Å². The van der Waals surface area contributed by atoms with Crippen LogP contribution in [-0.2, 0) is 54.7 Å². The standard InChI is InChI=1S/C33H40F2N4O5SSi.C32H38F2N4O5SSi.C24H21F2N5OS.C4H8.Li.H2O/c1-31(2,3)44-30(41)39(20-43-14-15-46(7,8)9)29-38-32(4,27-18-33(27,45-29)28(40)42-6)23-16-21(10-12-24(23)34)17-25(35)26-13-11-22(36-5)19-37-26;1-30(2,3)43-29(41)38(19-42-13-14-45(6,7)8)28-37-31(4,26-17-32(26,44-28)27(39)40)22-15-20(9-11-23(22)33)16-24(34)25-12-10-21(35-5)18-36-25;1-23(20-11-24(20,33-22(27)31-23)21(32)30-14-4-5-14)16-9-13(3-7-17(16)25)10-18(26)19-8-6-15(28-2)12-29-19;1-4-2-3-4;;/h10-13,16-17,19,27H,14-15,18,20H2,1-4,6-9H3;9-12,15-16,18,26H,13-14,17,19H2,1-4,6-8H3,(H,39,40);3,6-10,12,14,20H,4-5,11H2,1H3,(H2,27,31)(H,30,32);4H,2-3H2,1H3;;1H2/q;;;;+1;/p-1/b25-17-;24-16-;18-10-;;;/t27-,32+,33-;26-,31+,32-;20-,23+,24-;;;/m000.../s1. The van der Waals surface area contributed by atoms with Gasteiger partial charge in [0.05, 0.1) is 60.5 Å². The Hall–Kier alpha value is -9.90. The van der Waals surface area contributed by atoms with E-state index in [-0.39, 0.29) is 123 Å². The molecule has 3 aliphatic heterocycles. The van der Waals surface area contributed by atoms with Gasteiger partial charge in [-0.2, -0.15) is 0 Å². The molecule has 5 saturated carbocycles. The summed E-state index contributed by atoms with van der Waals surface area (Å²) in [5, 5.41) is 13.8. The maximum atomic E-state index is 15.7. The Labute approximate surface area is 781 Å². The van der Waals surface area contributed by atoms with Gasteiger partial charge in [0.2, 0.25) is 23.0 Å². The monoisotopic (exact) mass is 1870 g/mol. The molecule has 3 aromatic heterocycles. The van der Waals surface area contributed by atoms with Crippen LogP contribution in [0.25, 0.3) is 50.2 Å². The number of hydrogen-bond acceptors (Lipinski definition) is 21. The molecule has 3 amide bonds. The molecule has 686 valence electrons. The third-order valence-corrected chi connectivity index (χ3v) is 30.3. The number of carboxylic acids is 1. The summed E-state index contributed by atoms with van der Waals surface area (Å²) in [6, 6.07) is 23.0. The number of aliphatic imine (C=N–C) groups is 3. The second-order valence-electron chi connectivity index (χ2n) is 37.9. The van der Waals surface area contributed by atoms with Gasteiger partial charge < -0.3 is 45.3 Å². The van der Waals surface area contributed by atoms with E-state index in [0.717, 1.165) is 54.4 Å². The number of aliphatic carboxylic acids is 1. The number of carbonyl (C=O) groups excluding carboxylic acids is 4. The third-order valence-electron chi connectivity index (χ3n) is 22.6. The van der Waals surface area contributed by atoms with Gasteiger partial charge >= 0.3 is 43.0 Å². The van der Waals surface area contributed by atoms with Crippen molar-refractivity contribution in [2.75, 3.05) is 33.8 Å². The Balaban J connectivity index is 0.000000215. The molecule has 0 radical (unpaired) electrons. The van der Waals surface area contributed by atoms with Gasteiger partial charge in [0.15, 0.2) is 15.5 Å². The van der Waals surface area contributed by atoms with E-state index in [9.17, 15) is 33.5 Å². The van der Waals surface area contributed by atoms with Crippen molar-refractivity contribution in [1.29, 1.82) is 0 Å². The normalized spacial score (nSPS) is 24.0. The van der Waals surface area contributed by atoms with Crippen LogP contribution in [0.3, 0.4) is 0 Å². The molecule has 14 rings (SSSR count). The summed E-state index contributed by atoms with van der Waals surface area (Å²) in [4.78, 5) is 104. The van der Waals surface area contributed by atoms with Crippen LogP contribution in [0.15, 0.2) is 125 Å². The number of nitrogens with two attached hydrogens (primary N) is 1. The number of methoxy groups -OCH3 is 1. The number of esters is 1. The van der Waals surface area contributed by atoms with E-state index >= 15 is 22.0 Å². The minimum Gasteiger partial charge on any atom is -0.870 e. The zero-order chi connectivity index (χ0) is 93.8. The van der Waals surface area contributed by atoms with E-state index in [1.807, 2.05) is 0 Å². The molecule has 6 heterocycles. The quantitative estimate of drug-likeness (QED) is 0.0102. The summed E-state index contributed by atoms with van der Waals surface area (Å²) in [6.07, 6.45) is 12.0. The zero-order valence-electron chi connectivity index (χ0n) is 76.2. The van der Waals surface area contributed by atoms with Crippen LogP contribution in [0, 0.1) is 60.8 Å². The van der Waals surface area contributed by atoms with Crippen molar-refractivity contribution >= 4 is 150 Å².